The minimum atomic E-state index is -1.15. The molecule has 0 saturated carbocycles. The Balaban J connectivity index is 1.95. The normalized spacial score (nSPS) is 23.6. The highest BCUT2D eigenvalue weighted by Gasteiger charge is 2.32. The van der Waals surface area contributed by atoms with Crippen molar-refractivity contribution >= 4 is 30.7 Å². The molecule has 0 aliphatic carbocycles. The molecule has 7 heteroatoms. The Kier molecular flexibility index (Phi) is 5.20. The summed E-state index contributed by atoms with van der Waals surface area (Å²) in [6, 6.07) is 1.66. The largest absolute Gasteiger partial charge is 0.480 e. The van der Waals surface area contributed by atoms with E-state index in [2.05, 4.69) is 12.2 Å². The van der Waals surface area contributed by atoms with E-state index in [4.69, 9.17) is 4.65 Å². The van der Waals surface area contributed by atoms with Crippen LogP contribution in [0.2, 0.25) is 0 Å². The molecule has 2 rings (SSSR count). The molecular formula is C13H17BNO4S. The maximum absolute atomic E-state index is 12.1. The average Bonchev–Trinajstić information content (AvgIpc) is 2.93. The Morgan fingerprint density at radius 3 is 2.90 bits per heavy atom. The third-order valence-corrected chi connectivity index (χ3v) is 4.11. The van der Waals surface area contributed by atoms with Crippen molar-refractivity contribution in [3.8, 4) is 0 Å². The molecule has 1 aliphatic rings. The van der Waals surface area contributed by atoms with Gasteiger partial charge in [-0.25, -0.2) is 0 Å². The molecule has 20 heavy (non-hydrogen) atoms. The van der Waals surface area contributed by atoms with E-state index in [1.807, 2.05) is 0 Å². The molecule has 1 amide bonds. The second kappa shape index (κ2) is 6.90. The van der Waals surface area contributed by atoms with Crippen molar-refractivity contribution in [2.75, 3.05) is 0 Å². The molecule has 1 aromatic rings. The first-order valence-electron chi connectivity index (χ1n) is 6.66. The van der Waals surface area contributed by atoms with Crippen LogP contribution in [-0.2, 0) is 14.2 Å². The molecule has 1 saturated heterocycles. The third kappa shape index (κ3) is 3.61. The Morgan fingerprint density at radius 1 is 1.60 bits per heavy atom. The van der Waals surface area contributed by atoms with Gasteiger partial charge in [-0.05, 0) is 41.7 Å². The van der Waals surface area contributed by atoms with Gasteiger partial charge in [0.05, 0.1) is 0 Å². The van der Waals surface area contributed by atoms with Gasteiger partial charge in [-0.1, -0.05) is 6.92 Å². The Bertz CT molecular complexity index is 457. The minimum absolute atomic E-state index is 0.204. The highest BCUT2D eigenvalue weighted by molar-refractivity contribution is 7.08. The predicted molar refractivity (Wildman–Crippen MR) is 76.8 cm³/mol. The predicted octanol–water partition coefficient (Wildman–Crippen LogP) is 1.57. The molecule has 107 valence electrons. The van der Waals surface area contributed by atoms with Crippen molar-refractivity contribution in [1.29, 1.82) is 0 Å². The topological polar surface area (TPSA) is 75.6 Å². The van der Waals surface area contributed by atoms with Crippen LogP contribution in [0.4, 0.5) is 0 Å². The Hall–Kier alpha value is -1.34. The number of aliphatic carboxylic acids is 1. The molecule has 0 spiro atoms. The summed E-state index contributed by atoms with van der Waals surface area (Å²) in [4.78, 5) is 23.4. The number of thiophene rings is 1. The Morgan fingerprint density at radius 2 is 2.40 bits per heavy atom. The van der Waals surface area contributed by atoms with Crippen LogP contribution in [0.1, 0.15) is 37.7 Å². The van der Waals surface area contributed by atoms with Crippen molar-refractivity contribution in [2.45, 2.75) is 44.1 Å². The third-order valence-electron chi connectivity index (χ3n) is 3.40. The molecule has 0 bridgehead atoms. The summed E-state index contributed by atoms with van der Waals surface area (Å²) >= 11 is 1.38. The van der Waals surface area contributed by atoms with Gasteiger partial charge in [0, 0.05) is 12.0 Å². The highest BCUT2D eigenvalue weighted by atomic mass is 32.1. The van der Waals surface area contributed by atoms with Crippen LogP contribution in [0.25, 0.3) is 0 Å². The molecule has 3 unspecified atom stereocenters. The zero-order valence-electron chi connectivity index (χ0n) is 11.2. The number of amides is 1. The number of rotatable bonds is 5. The summed E-state index contributed by atoms with van der Waals surface area (Å²) in [6.07, 6.45) is 2.79. The number of carbonyl (C=O) groups excluding carboxylic acids is 1. The quantitative estimate of drug-likeness (QED) is 0.638. The minimum Gasteiger partial charge on any atom is -0.480 e. The first-order valence-corrected chi connectivity index (χ1v) is 7.60. The fourth-order valence-corrected chi connectivity index (χ4v) is 2.91. The molecular weight excluding hydrogens is 277 g/mol. The highest BCUT2D eigenvalue weighted by Crippen LogP contribution is 2.21. The zero-order valence-corrected chi connectivity index (χ0v) is 12.1. The first kappa shape index (κ1) is 15.1. The molecule has 5 nitrogen and oxygen atoms in total. The lowest BCUT2D eigenvalue weighted by Crippen LogP contribution is -2.47. The van der Waals surface area contributed by atoms with Crippen LogP contribution in [0.15, 0.2) is 16.8 Å². The summed E-state index contributed by atoms with van der Waals surface area (Å²) in [5, 5.41) is 15.4. The lowest BCUT2D eigenvalue weighted by molar-refractivity contribution is -0.143. The van der Waals surface area contributed by atoms with E-state index in [-0.39, 0.29) is 12.0 Å². The molecule has 0 aromatic carbocycles. The van der Waals surface area contributed by atoms with Crippen LogP contribution in [-0.4, -0.2) is 36.5 Å². The summed E-state index contributed by atoms with van der Waals surface area (Å²) < 4.78 is 5.49. The summed E-state index contributed by atoms with van der Waals surface area (Å²) in [6.45, 7) is 2.05. The summed E-state index contributed by atoms with van der Waals surface area (Å²) in [7, 11) is 1.61. The van der Waals surface area contributed by atoms with Gasteiger partial charge in [-0.2, -0.15) is 11.3 Å². The summed E-state index contributed by atoms with van der Waals surface area (Å²) in [5.41, 5.74) is 0.517. The van der Waals surface area contributed by atoms with Gasteiger partial charge in [0.2, 0.25) is 5.91 Å². The number of hydrogen-bond donors (Lipinski definition) is 2. The van der Waals surface area contributed by atoms with Crippen molar-refractivity contribution in [1.82, 2.24) is 5.32 Å². The van der Waals surface area contributed by atoms with E-state index < -0.39 is 17.8 Å². The zero-order chi connectivity index (χ0) is 14.5. The molecule has 1 aliphatic heterocycles. The lowest BCUT2D eigenvalue weighted by atomic mass is 9.79. The molecule has 1 aromatic heterocycles. The van der Waals surface area contributed by atoms with Gasteiger partial charge in [-0.15, -0.1) is 0 Å². The summed E-state index contributed by atoms with van der Waals surface area (Å²) in [5.74, 6) is -3.00. The van der Waals surface area contributed by atoms with Crippen LogP contribution < -0.4 is 5.32 Å². The first-order chi connectivity index (χ1) is 9.61. The average molecular weight is 294 g/mol. The second-order valence-corrected chi connectivity index (χ2v) is 5.60. The van der Waals surface area contributed by atoms with Crippen LogP contribution in [0.5, 0.6) is 0 Å². The standard InChI is InChI=1S/C13H17BNO4S/c1-2-9-3-4-10(14-19-9)15-12(16)11(13(17)18)8-5-6-20-7-8/h5-7,9-11H,2-4H2,1H3,(H,15,16)(H,17,18). The number of carbonyl (C=O) groups is 2. The van der Waals surface area contributed by atoms with Crippen molar-refractivity contribution in [3.05, 3.63) is 22.4 Å². The number of nitrogens with one attached hydrogen (secondary N) is 1. The van der Waals surface area contributed by atoms with Gasteiger partial charge in [0.1, 0.15) is 0 Å². The number of carboxylic acid groups (broad SMARTS) is 1. The fourth-order valence-electron chi connectivity index (χ4n) is 2.23. The smallest absolute Gasteiger partial charge is 0.320 e. The van der Waals surface area contributed by atoms with E-state index in [0.29, 0.717) is 5.56 Å². The maximum atomic E-state index is 12.1. The number of carboxylic acids is 1. The van der Waals surface area contributed by atoms with E-state index in [1.165, 1.54) is 11.3 Å². The van der Waals surface area contributed by atoms with Gasteiger partial charge < -0.3 is 15.1 Å². The molecule has 2 N–H and O–H groups in total. The van der Waals surface area contributed by atoms with E-state index in [0.717, 1.165) is 19.3 Å². The monoisotopic (exact) mass is 294 g/mol. The SMILES string of the molecule is CCC1CCC(NC(=O)C(C(=O)O)c2ccsc2)[B]O1. The maximum Gasteiger partial charge on any atom is 0.320 e. The van der Waals surface area contributed by atoms with Gasteiger partial charge in [0.25, 0.3) is 0 Å². The lowest BCUT2D eigenvalue weighted by Gasteiger charge is -2.28. The Labute approximate surface area is 122 Å². The molecule has 2 heterocycles. The molecule has 3 atom stereocenters. The van der Waals surface area contributed by atoms with E-state index >= 15 is 0 Å². The van der Waals surface area contributed by atoms with Crippen LogP contribution in [0.3, 0.4) is 0 Å². The van der Waals surface area contributed by atoms with E-state index in [9.17, 15) is 14.7 Å². The van der Waals surface area contributed by atoms with Gasteiger partial charge in [-0.3, -0.25) is 9.59 Å². The van der Waals surface area contributed by atoms with E-state index in [1.54, 1.807) is 24.3 Å². The molecule has 1 radical (unpaired) electrons. The van der Waals surface area contributed by atoms with Crippen molar-refractivity contribution in [2.24, 2.45) is 0 Å². The van der Waals surface area contributed by atoms with Gasteiger partial charge in [0.15, 0.2) is 5.92 Å². The second-order valence-electron chi connectivity index (χ2n) is 4.82. The van der Waals surface area contributed by atoms with Gasteiger partial charge >= 0.3 is 13.5 Å². The molecule has 1 fully saturated rings. The fraction of sp³-hybridized carbons (Fsp3) is 0.538. The number of hydrogen-bond acceptors (Lipinski definition) is 4. The van der Waals surface area contributed by atoms with Crippen molar-refractivity contribution < 1.29 is 19.3 Å². The van der Waals surface area contributed by atoms with Crippen LogP contribution >= 0.6 is 11.3 Å². The van der Waals surface area contributed by atoms with Crippen LogP contribution in [0, 0.1) is 0 Å². The van der Waals surface area contributed by atoms with Crippen molar-refractivity contribution in [3.63, 3.8) is 0 Å².